The van der Waals surface area contributed by atoms with Crippen LogP contribution in [0.4, 0.5) is 4.79 Å². The quantitative estimate of drug-likeness (QED) is 0.178. The third-order valence-corrected chi connectivity index (χ3v) is 7.46. The fourth-order valence-corrected chi connectivity index (χ4v) is 5.19. The van der Waals surface area contributed by atoms with E-state index in [-0.39, 0.29) is 36.8 Å². The summed E-state index contributed by atoms with van der Waals surface area (Å²) in [6.45, 7) is 9.32. The Morgan fingerprint density at radius 3 is 2.60 bits per heavy atom. The number of nitrogens with one attached hydrogen (secondary N) is 1. The van der Waals surface area contributed by atoms with Gasteiger partial charge < -0.3 is 19.5 Å². The van der Waals surface area contributed by atoms with Crippen LogP contribution in [0.2, 0.25) is 0 Å². The van der Waals surface area contributed by atoms with Crippen molar-refractivity contribution in [1.29, 1.82) is 5.26 Å². The Bertz CT molecular complexity index is 1560. The van der Waals surface area contributed by atoms with Crippen LogP contribution in [0.25, 0.3) is 10.8 Å². The van der Waals surface area contributed by atoms with E-state index < -0.39 is 6.09 Å². The first-order chi connectivity index (χ1) is 20.4. The zero-order chi connectivity index (χ0) is 29.9. The number of nitrogens with zero attached hydrogens (tertiary/aromatic N) is 4. The van der Waals surface area contributed by atoms with Crippen molar-refractivity contribution in [3.05, 3.63) is 114 Å². The molecule has 0 radical (unpaired) electrons. The monoisotopic (exact) mass is 599 g/mol. The number of carbonyl (C=O) groups excluding carboxylic acids is 2. The van der Waals surface area contributed by atoms with Gasteiger partial charge in [0.2, 0.25) is 5.91 Å². The van der Waals surface area contributed by atoms with Gasteiger partial charge in [-0.3, -0.25) is 4.79 Å². The Hall–Kier alpha value is -4.61. The van der Waals surface area contributed by atoms with Crippen molar-refractivity contribution in [2.24, 2.45) is 5.92 Å². The predicted molar refractivity (Wildman–Crippen MR) is 171 cm³/mol. The van der Waals surface area contributed by atoms with Gasteiger partial charge in [-0.1, -0.05) is 74.2 Å². The van der Waals surface area contributed by atoms with Crippen LogP contribution in [0.1, 0.15) is 48.6 Å². The minimum atomic E-state index is -0.417. The van der Waals surface area contributed by atoms with Crippen molar-refractivity contribution in [2.75, 3.05) is 19.7 Å². The van der Waals surface area contributed by atoms with Crippen molar-refractivity contribution in [1.82, 2.24) is 19.8 Å². The molecule has 8 nitrogen and oxygen atoms in total. The molecule has 0 aliphatic rings. The van der Waals surface area contributed by atoms with E-state index in [1.54, 1.807) is 29.4 Å². The molecule has 224 valence electrons. The van der Waals surface area contributed by atoms with Gasteiger partial charge in [0.25, 0.3) is 0 Å². The molecule has 2 unspecified atom stereocenters. The highest BCUT2D eigenvalue weighted by Gasteiger charge is 2.28. The molecule has 0 fully saturated rings. The molecule has 9 heteroatoms. The molecule has 4 aromatic rings. The summed E-state index contributed by atoms with van der Waals surface area (Å²) in [6.07, 6.45) is 5.52. The van der Waals surface area contributed by atoms with Crippen molar-refractivity contribution >= 4 is 35.2 Å². The lowest BCUT2D eigenvalue weighted by molar-refractivity contribution is -0.119. The molecule has 0 aliphatic carbocycles. The van der Waals surface area contributed by atoms with E-state index in [1.807, 2.05) is 42.6 Å². The SMILES string of the molecule is C=CCOC(=O)N(Cc1cccc2ccccc12)CC(c1cncn1Cc1ccc(C#N)cc1)C(C)CCNC(C)=O.Cl. The van der Waals surface area contributed by atoms with E-state index >= 15 is 0 Å². The standard InChI is InChI=1S/C34H37N5O3.ClH/c1-4-18-42-34(41)38(22-30-10-7-9-29-8-5-6-11-31(29)30)23-32(25(2)16-17-37-26(3)40)33-20-36-24-39(33)21-28-14-12-27(19-35)13-15-28;/h4-15,20,24-25,32H,1,16-18,21-23H2,2-3H3,(H,37,40);1H. The lowest BCUT2D eigenvalue weighted by atomic mass is 9.87. The zero-order valence-corrected chi connectivity index (χ0v) is 25.4. The summed E-state index contributed by atoms with van der Waals surface area (Å²) in [7, 11) is 0. The highest BCUT2D eigenvalue weighted by Crippen LogP contribution is 2.30. The summed E-state index contributed by atoms with van der Waals surface area (Å²) in [5.74, 6) is -0.0865. The average Bonchev–Trinajstić information content (AvgIpc) is 3.45. The molecule has 1 N–H and O–H groups in total. The summed E-state index contributed by atoms with van der Waals surface area (Å²) < 4.78 is 7.65. The van der Waals surface area contributed by atoms with Crippen LogP contribution in [0.15, 0.2) is 91.9 Å². The van der Waals surface area contributed by atoms with Crippen molar-refractivity contribution in [2.45, 2.75) is 39.3 Å². The lowest BCUT2D eigenvalue weighted by Gasteiger charge is -2.31. The number of rotatable bonds is 13. The second-order valence-electron chi connectivity index (χ2n) is 10.5. The van der Waals surface area contributed by atoms with Crippen LogP contribution in [0.3, 0.4) is 0 Å². The normalized spacial score (nSPS) is 11.9. The van der Waals surface area contributed by atoms with E-state index in [9.17, 15) is 14.9 Å². The third-order valence-electron chi connectivity index (χ3n) is 7.46. The van der Waals surface area contributed by atoms with Crippen molar-refractivity contribution in [3.63, 3.8) is 0 Å². The van der Waals surface area contributed by atoms with Crippen molar-refractivity contribution in [3.8, 4) is 6.07 Å². The second kappa shape index (κ2) is 16.1. The summed E-state index contributed by atoms with van der Waals surface area (Å²) in [5, 5.41) is 14.3. The lowest BCUT2D eigenvalue weighted by Crippen LogP contribution is -2.37. The predicted octanol–water partition coefficient (Wildman–Crippen LogP) is 6.45. The summed E-state index contributed by atoms with van der Waals surface area (Å²) in [6, 6.07) is 23.9. The van der Waals surface area contributed by atoms with Gasteiger partial charge >= 0.3 is 6.09 Å². The molecule has 2 atom stereocenters. The Kier molecular flexibility index (Phi) is 12.3. The number of hydrogen-bond acceptors (Lipinski definition) is 5. The van der Waals surface area contributed by atoms with E-state index in [0.29, 0.717) is 31.7 Å². The molecule has 3 aromatic carbocycles. The number of aromatic nitrogens is 2. The molecule has 1 aromatic heterocycles. The molecule has 0 spiro atoms. The zero-order valence-electron chi connectivity index (χ0n) is 24.6. The van der Waals surface area contributed by atoms with Crippen LogP contribution < -0.4 is 5.32 Å². The second-order valence-corrected chi connectivity index (χ2v) is 10.5. The number of hydrogen-bond donors (Lipinski definition) is 1. The first kappa shape index (κ1) is 32.9. The van der Waals surface area contributed by atoms with Crippen LogP contribution in [-0.4, -0.2) is 46.1 Å². The number of carbonyl (C=O) groups is 2. The summed E-state index contributed by atoms with van der Waals surface area (Å²) in [4.78, 5) is 31.3. The number of fused-ring (bicyclic) bond motifs is 1. The molecular weight excluding hydrogens is 562 g/mol. The van der Waals surface area contributed by atoms with E-state index in [1.165, 1.54) is 6.92 Å². The molecule has 2 amide bonds. The van der Waals surface area contributed by atoms with E-state index in [4.69, 9.17) is 4.74 Å². The Balaban J connectivity index is 0.00000506. The van der Waals surface area contributed by atoms with Crippen LogP contribution >= 0.6 is 12.4 Å². The largest absolute Gasteiger partial charge is 0.445 e. The summed E-state index contributed by atoms with van der Waals surface area (Å²) >= 11 is 0. The maximum Gasteiger partial charge on any atom is 0.410 e. The average molecular weight is 600 g/mol. The highest BCUT2D eigenvalue weighted by atomic mass is 35.5. The molecule has 0 aliphatic heterocycles. The number of benzene rings is 3. The fourth-order valence-electron chi connectivity index (χ4n) is 5.19. The number of ether oxygens (including phenoxy) is 1. The smallest absolute Gasteiger partial charge is 0.410 e. The Morgan fingerprint density at radius 2 is 1.88 bits per heavy atom. The molecule has 43 heavy (non-hydrogen) atoms. The Labute approximate surface area is 259 Å². The number of amides is 2. The number of halogens is 1. The number of nitriles is 1. The Morgan fingerprint density at radius 1 is 1.14 bits per heavy atom. The van der Waals surface area contributed by atoms with E-state index in [0.717, 1.165) is 34.0 Å². The molecular formula is C34H38ClN5O3. The van der Waals surface area contributed by atoms with Gasteiger partial charge in [-0.2, -0.15) is 5.26 Å². The fraction of sp³-hybridized carbons (Fsp3) is 0.294. The van der Waals surface area contributed by atoms with Crippen LogP contribution in [-0.2, 0) is 22.6 Å². The maximum absolute atomic E-state index is 13.5. The third kappa shape index (κ3) is 8.94. The van der Waals surface area contributed by atoms with Gasteiger partial charge in [-0.15, -0.1) is 12.4 Å². The maximum atomic E-state index is 13.5. The van der Waals surface area contributed by atoms with Gasteiger partial charge in [-0.25, -0.2) is 9.78 Å². The van der Waals surface area contributed by atoms with Gasteiger partial charge in [-0.05, 0) is 46.4 Å². The minimum absolute atomic E-state index is 0. The summed E-state index contributed by atoms with van der Waals surface area (Å²) in [5.41, 5.74) is 3.65. The van der Waals surface area contributed by atoms with Gasteiger partial charge in [0, 0.05) is 50.9 Å². The van der Waals surface area contributed by atoms with Crippen LogP contribution in [0.5, 0.6) is 0 Å². The van der Waals surface area contributed by atoms with Gasteiger partial charge in [0.15, 0.2) is 0 Å². The van der Waals surface area contributed by atoms with Gasteiger partial charge in [0.1, 0.15) is 6.61 Å². The highest BCUT2D eigenvalue weighted by molar-refractivity contribution is 5.86. The number of imidazole rings is 1. The first-order valence-corrected chi connectivity index (χ1v) is 14.1. The molecule has 0 saturated heterocycles. The molecule has 1 heterocycles. The van der Waals surface area contributed by atoms with Crippen LogP contribution in [0, 0.1) is 17.2 Å². The molecule has 0 saturated carbocycles. The van der Waals surface area contributed by atoms with Gasteiger partial charge in [0.05, 0.1) is 18.0 Å². The molecule has 0 bridgehead atoms. The van der Waals surface area contributed by atoms with Crippen molar-refractivity contribution < 1.29 is 14.3 Å². The topological polar surface area (TPSA) is 100 Å². The minimum Gasteiger partial charge on any atom is -0.445 e. The first-order valence-electron chi connectivity index (χ1n) is 14.1. The van der Waals surface area contributed by atoms with E-state index in [2.05, 4.69) is 52.6 Å². The molecule has 4 rings (SSSR count).